The maximum absolute atomic E-state index is 5.25. The lowest BCUT2D eigenvalue weighted by Gasteiger charge is -2.12. The van der Waals surface area contributed by atoms with Crippen LogP contribution < -0.4 is 5.32 Å². The number of aromatic nitrogens is 2. The molecule has 0 aliphatic rings. The molecule has 0 aromatic carbocycles. The summed E-state index contributed by atoms with van der Waals surface area (Å²) in [5, 5.41) is 7.58. The molecule has 0 amide bonds. The summed E-state index contributed by atoms with van der Waals surface area (Å²) in [7, 11) is 0. The second-order valence-electron chi connectivity index (χ2n) is 3.74. The van der Waals surface area contributed by atoms with E-state index in [0.29, 0.717) is 6.04 Å². The fourth-order valence-corrected chi connectivity index (χ4v) is 1.80. The summed E-state index contributed by atoms with van der Waals surface area (Å²) in [6, 6.07) is 4.20. The first-order valence-electron chi connectivity index (χ1n) is 5.18. The van der Waals surface area contributed by atoms with Crippen molar-refractivity contribution in [1.29, 1.82) is 0 Å². The Labute approximate surface area is 103 Å². The summed E-state index contributed by atoms with van der Waals surface area (Å²) in [6.45, 7) is 3.71. The van der Waals surface area contributed by atoms with Gasteiger partial charge in [-0.1, -0.05) is 0 Å². The molecule has 2 rings (SSSR count). The SMILES string of the molecule is CC(Cn1cc(Br)cn1)NCc1ccco1. The highest BCUT2D eigenvalue weighted by atomic mass is 79.9. The van der Waals surface area contributed by atoms with Gasteiger partial charge in [-0.25, -0.2) is 0 Å². The molecule has 86 valence electrons. The van der Waals surface area contributed by atoms with Gasteiger partial charge in [0.25, 0.3) is 0 Å². The number of rotatable bonds is 5. The molecule has 1 unspecified atom stereocenters. The Morgan fingerprint density at radius 3 is 3.12 bits per heavy atom. The van der Waals surface area contributed by atoms with Crippen LogP contribution in [0.2, 0.25) is 0 Å². The Balaban J connectivity index is 1.78. The van der Waals surface area contributed by atoms with Gasteiger partial charge in [-0.15, -0.1) is 0 Å². The Bertz CT molecular complexity index is 424. The highest BCUT2D eigenvalue weighted by Crippen LogP contribution is 2.07. The van der Waals surface area contributed by atoms with Crippen molar-refractivity contribution in [2.45, 2.75) is 26.1 Å². The van der Waals surface area contributed by atoms with Gasteiger partial charge < -0.3 is 9.73 Å². The zero-order chi connectivity index (χ0) is 11.4. The Morgan fingerprint density at radius 1 is 1.62 bits per heavy atom. The van der Waals surface area contributed by atoms with Crippen LogP contribution in [-0.2, 0) is 13.1 Å². The molecule has 0 aliphatic heterocycles. The smallest absolute Gasteiger partial charge is 0.117 e. The van der Waals surface area contributed by atoms with Crippen LogP contribution in [0.15, 0.2) is 39.7 Å². The molecule has 0 saturated carbocycles. The Hall–Kier alpha value is -1.07. The molecule has 0 aliphatic carbocycles. The number of hydrogen-bond donors (Lipinski definition) is 1. The first-order chi connectivity index (χ1) is 7.74. The number of nitrogens with zero attached hydrogens (tertiary/aromatic N) is 2. The lowest BCUT2D eigenvalue weighted by molar-refractivity contribution is 0.415. The van der Waals surface area contributed by atoms with E-state index in [-0.39, 0.29) is 0 Å². The zero-order valence-corrected chi connectivity index (χ0v) is 10.6. The van der Waals surface area contributed by atoms with Crippen molar-refractivity contribution in [3.63, 3.8) is 0 Å². The van der Waals surface area contributed by atoms with Crippen molar-refractivity contribution in [2.75, 3.05) is 0 Å². The minimum atomic E-state index is 0.344. The molecule has 0 saturated heterocycles. The van der Waals surface area contributed by atoms with E-state index in [1.807, 2.05) is 23.0 Å². The average Bonchev–Trinajstić information content (AvgIpc) is 2.87. The molecule has 2 heterocycles. The lowest BCUT2D eigenvalue weighted by Crippen LogP contribution is -2.29. The van der Waals surface area contributed by atoms with Crippen molar-refractivity contribution >= 4 is 15.9 Å². The topological polar surface area (TPSA) is 43.0 Å². The fraction of sp³-hybridized carbons (Fsp3) is 0.364. The van der Waals surface area contributed by atoms with Gasteiger partial charge in [-0.2, -0.15) is 5.10 Å². The molecule has 5 heteroatoms. The monoisotopic (exact) mass is 283 g/mol. The van der Waals surface area contributed by atoms with Crippen molar-refractivity contribution in [3.8, 4) is 0 Å². The van der Waals surface area contributed by atoms with Gasteiger partial charge in [0, 0.05) is 12.2 Å². The first kappa shape index (κ1) is 11.4. The molecular formula is C11H14BrN3O. The van der Waals surface area contributed by atoms with Crippen LogP contribution in [0.3, 0.4) is 0 Å². The highest BCUT2D eigenvalue weighted by Gasteiger charge is 2.04. The largest absolute Gasteiger partial charge is 0.468 e. The molecule has 0 spiro atoms. The second kappa shape index (κ2) is 5.32. The molecule has 2 aromatic rings. The quantitative estimate of drug-likeness (QED) is 0.917. The van der Waals surface area contributed by atoms with E-state index < -0.39 is 0 Å². The molecule has 1 atom stereocenters. The maximum Gasteiger partial charge on any atom is 0.117 e. The van der Waals surface area contributed by atoms with Crippen molar-refractivity contribution in [1.82, 2.24) is 15.1 Å². The Kier molecular flexibility index (Phi) is 3.79. The third-order valence-corrected chi connectivity index (χ3v) is 2.68. The maximum atomic E-state index is 5.25. The van der Waals surface area contributed by atoms with E-state index in [2.05, 4.69) is 33.3 Å². The predicted octanol–water partition coefficient (Wildman–Crippen LogP) is 2.42. The fourth-order valence-electron chi connectivity index (χ4n) is 1.47. The number of hydrogen-bond acceptors (Lipinski definition) is 3. The molecule has 0 radical (unpaired) electrons. The van der Waals surface area contributed by atoms with Gasteiger partial charge in [-0.3, -0.25) is 4.68 Å². The van der Waals surface area contributed by atoms with E-state index in [4.69, 9.17) is 4.42 Å². The van der Waals surface area contributed by atoms with Gasteiger partial charge in [0.05, 0.1) is 30.0 Å². The molecule has 4 nitrogen and oxygen atoms in total. The van der Waals surface area contributed by atoms with E-state index >= 15 is 0 Å². The minimum Gasteiger partial charge on any atom is -0.468 e. The normalized spacial score (nSPS) is 12.9. The summed E-state index contributed by atoms with van der Waals surface area (Å²) >= 11 is 3.37. The standard InChI is InChI=1S/C11H14BrN3O/c1-9(7-15-8-10(12)5-14-15)13-6-11-3-2-4-16-11/h2-5,8-9,13H,6-7H2,1H3. The number of nitrogens with one attached hydrogen (secondary N) is 1. The molecule has 0 fully saturated rings. The van der Waals surface area contributed by atoms with Crippen LogP contribution in [0.4, 0.5) is 0 Å². The first-order valence-corrected chi connectivity index (χ1v) is 5.97. The highest BCUT2D eigenvalue weighted by molar-refractivity contribution is 9.10. The van der Waals surface area contributed by atoms with Gasteiger partial charge in [0.1, 0.15) is 5.76 Å². The lowest BCUT2D eigenvalue weighted by atomic mass is 10.3. The van der Waals surface area contributed by atoms with Crippen molar-refractivity contribution in [3.05, 3.63) is 41.0 Å². The van der Waals surface area contributed by atoms with Gasteiger partial charge in [-0.05, 0) is 35.0 Å². The summed E-state index contributed by atoms with van der Waals surface area (Å²) in [4.78, 5) is 0. The second-order valence-corrected chi connectivity index (χ2v) is 4.66. The van der Waals surface area contributed by atoms with Crippen LogP contribution in [0.25, 0.3) is 0 Å². The minimum absolute atomic E-state index is 0.344. The number of halogens is 1. The number of furan rings is 1. The van der Waals surface area contributed by atoms with Crippen LogP contribution in [0.1, 0.15) is 12.7 Å². The summed E-state index contributed by atoms with van der Waals surface area (Å²) in [5.41, 5.74) is 0. The molecule has 16 heavy (non-hydrogen) atoms. The summed E-state index contributed by atoms with van der Waals surface area (Å²) < 4.78 is 8.16. The van der Waals surface area contributed by atoms with E-state index in [1.165, 1.54) is 0 Å². The van der Waals surface area contributed by atoms with Crippen LogP contribution in [0.5, 0.6) is 0 Å². The van der Waals surface area contributed by atoms with E-state index in [1.54, 1.807) is 12.5 Å². The van der Waals surface area contributed by atoms with Crippen LogP contribution >= 0.6 is 15.9 Å². The van der Waals surface area contributed by atoms with Crippen molar-refractivity contribution in [2.24, 2.45) is 0 Å². The van der Waals surface area contributed by atoms with Crippen molar-refractivity contribution < 1.29 is 4.42 Å². The molecule has 1 N–H and O–H groups in total. The zero-order valence-electron chi connectivity index (χ0n) is 9.06. The van der Waals surface area contributed by atoms with Gasteiger partial charge in [0.15, 0.2) is 0 Å². The van der Waals surface area contributed by atoms with Crippen LogP contribution in [-0.4, -0.2) is 15.8 Å². The van der Waals surface area contributed by atoms with Gasteiger partial charge in [0.2, 0.25) is 0 Å². The average molecular weight is 284 g/mol. The Morgan fingerprint density at radius 2 is 2.50 bits per heavy atom. The third-order valence-electron chi connectivity index (χ3n) is 2.27. The van der Waals surface area contributed by atoms with Gasteiger partial charge >= 0.3 is 0 Å². The molecule has 0 bridgehead atoms. The molecule has 2 aromatic heterocycles. The molecular weight excluding hydrogens is 270 g/mol. The summed E-state index contributed by atoms with van der Waals surface area (Å²) in [6.07, 6.45) is 5.44. The van der Waals surface area contributed by atoms with E-state index in [0.717, 1.165) is 23.3 Å². The van der Waals surface area contributed by atoms with E-state index in [9.17, 15) is 0 Å². The third kappa shape index (κ3) is 3.21. The summed E-state index contributed by atoms with van der Waals surface area (Å²) in [5.74, 6) is 0.952. The van der Waals surface area contributed by atoms with Crippen LogP contribution in [0, 0.1) is 0 Å². The predicted molar refractivity (Wildman–Crippen MR) is 64.9 cm³/mol.